The van der Waals surface area contributed by atoms with Crippen LogP contribution in [0.2, 0.25) is 0 Å². The molecule has 1 aromatic carbocycles. The minimum Gasteiger partial charge on any atom is -0.465 e. The van der Waals surface area contributed by atoms with E-state index < -0.39 is 17.9 Å². The van der Waals surface area contributed by atoms with Crippen LogP contribution in [0.5, 0.6) is 0 Å². The molecule has 1 fully saturated rings. The van der Waals surface area contributed by atoms with Crippen LogP contribution in [0, 0.1) is 0 Å². The van der Waals surface area contributed by atoms with Crippen LogP contribution in [0.4, 0.5) is 0 Å². The molecule has 4 heteroatoms. The van der Waals surface area contributed by atoms with Gasteiger partial charge in [-0.1, -0.05) is 30.7 Å². The first-order chi connectivity index (χ1) is 10.2. The van der Waals surface area contributed by atoms with Crippen LogP contribution in [0.3, 0.4) is 0 Å². The smallest absolute Gasteiger partial charge is 0.324 e. The first-order valence-corrected chi connectivity index (χ1v) is 7.61. The number of benzene rings is 1. The molecule has 0 N–H and O–H groups in total. The molecule has 1 aliphatic rings. The lowest BCUT2D eigenvalue weighted by atomic mass is 9.76. The van der Waals surface area contributed by atoms with Crippen LogP contribution < -0.4 is 0 Å². The standard InChI is InChI=1S/C17H22O4/c1-3-20-16(18)15(17(19)21-4-2)14-11-6-5-10-13(14)12-8-7-9-12/h5-6,10-12,15H,3-4,7-9H2,1-2H3. The molecule has 0 atom stereocenters. The average Bonchev–Trinajstić information content (AvgIpc) is 2.39. The van der Waals surface area contributed by atoms with Crippen LogP contribution in [-0.2, 0) is 19.1 Å². The minimum absolute atomic E-state index is 0.250. The molecule has 1 aliphatic carbocycles. The number of hydrogen-bond donors (Lipinski definition) is 0. The lowest BCUT2D eigenvalue weighted by Crippen LogP contribution is -2.28. The highest BCUT2D eigenvalue weighted by Crippen LogP contribution is 2.40. The quantitative estimate of drug-likeness (QED) is 0.596. The maximum atomic E-state index is 12.2. The highest BCUT2D eigenvalue weighted by Gasteiger charge is 2.35. The number of ether oxygens (including phenoxy) is 2. The lowest BCUT2D eigenvalue weighted by Gasteiger charge is -2.29. The molecule has 1 aromatic rings. The van der Waals surface area contributed by atoms with Gasteiger partial charge in [0, 0.05) is 0 Å². The van der Waals surface area contributed by atoms with Gasteiger partial charge in [0.2, 0.25) is 0 Å². The van der Waals surface area contributed by atoms with E-state index in [9.17, 15) is 9.59 Å². The van der Waals surface area contributed by atoms with Gasteiger partial charge in [-0.2, -0.15) is 0 Å². The molecule has 0 bridgehead atoms. The third-order valence-corrected chi connectivity index (χ3v) is 3.90. The van der Waals surface area contributed by atoms with Gasteiger partial charge in [-0.25, -0.2) is 0 Å². The number of rotatable bonds is 6. The fourth-order valence-electron chi connectivity index (χ4n) is 2.67. The molecule has 0 aromatic heterocycles. The Labute approximate surface area is 125 Å². The van der Waals surface area contributed by atoms with Gasteiger partial charge in [-0.15, -0.1) is 0 Å². The van der Waals surface area contributed by atoms with Gasteiger partial charge in [-0.3, -0.25) is 9.59 Å². The van der Waals surface area contributed by atoms with Crippen LogP contribution in [0.1, 0.15) is 56.1 Å². The molecule has 0 spiro atoms. The van der Waals surface area contributed by atoms with Gasteiger partial charge in [0.05, 0.1) is 13.2 Å². The summed E-state index contributed by atoms with van der Waals surface area (Å²) >= 11 is 0. The molecule has 2 rings (SSSR count). The molecule has 4 nitrogen and oxygen atoms in total. The molecule has 0 radical (unpaired) electrons. The van der Waals surface area contributed by atoms with Crippen molar-refractivity contribution in [3.63, 3.8) is 0 Å². The normalized spacial score (nSPS) is 14.6. The van der Waals surface area contributed by atoms with Crippen LogP contribution in [0.25, 0.3) is 0 Å². The summed E-state index contributed by atoms with van der Waals surface area (Å²) in [5, 5.41) is 0. The van der Waals surface area contributed by atoms with E-state index >= 15 is 0 Å². The summed E-state index contributed by atoms with van der Waals surface area (Å²) in [6, 6.07) is 7.64. The molecular formula is C17H22O4. The summed E-state index contributed by atoms with van der Waals surface area (Å²) < 4.78 is 10.1. The van der Waals surface area contributed by atoms with Crippen LogP contribution in [0.15, 0.2) is 24.3 Å². The minimum atomic E-state index is -0.971. The van der Waals surface area contributed by atoms with Gasteiger partial charge < -0.3 is 9.47 Å². The van der Waals surface area contributed by atoms with E-state index in [1.807, 2.05) is 24.3 Å². The molecule has 0 saturated heterocycles. The monoisotopic (exact) mass is 290 g/mol. The second-order valence-electron chi connectivity index (χ2n) is 5.19. The van der Waals surface area contributed by atoms with Crippen molar-refractivity contribution in [3.05, 3.63) is 35.4 Å². The number of hydrogen-bond acceptors (Lipinski definition) is 4. The van der Waals surface area contributed by atoms with Crippen molar-refractivity contribution in [2.45, 2.75) is 44.9 Å². The maximum Gasteiger partial charge on any atom is 0.324 e. The lowest BCUT2D eigenvalue weighted by molar-refractivity contribution is -0.157. The number of carbonyl (C=O) groups is 2. The Bertz CT molecular complexity index is 487. The molecule has 1 saturated carbocycles. The Balaban J connectivity index is 2.35. The van der Waals surface area contributed by atoms with E-state index in [-0.39, 0.29) is 13.2 Å². The molecule has 114 valence electrons. The summed E-state index contributed by atoms with van der Waals surface area (Å²) in [5.41, 5.74) is 1.81. The second-order valence-corrected chi connectivity index (χ2v) is 5.19. The highest BCUT2D eigenvalue weighted by atomic mass is 16.6. The zero-order valence-corrected chi connectivity index (χ0v) is 12.6. The highest BCUT2D eigenvalue weighted by molar-refractivity contribution is 6.01. The van der Waals surface area contributed by atoms with Gasteiger partial charge in [0.25, 0.3) is 0 Å². The van der Waals surface area contributed by atoms with Crippen molar-refractivity contribution >= 4 is 11.9 Å². The largest absolute Gasteiger partial charge is 0.465 e. The zero-order chi connectivity index (χ0) is 15.2. The topological polar surface area (TPSA) is 52.6 Å². The molecule has 0 aliphatic heterocycles. The summed E-state index contributed by atoms with van der Waals surface area (Å²) in [5.74, 6) is -1.58. The predicted octanol–water partition coefficient (Wildman–Crippen LogP) is 3.16. The Morgan fingerprint density at radius 2 is 1.67 bits per heavy atom. The number of esters is 2. The summed E-state index contributed by atoms with van der Waals surface area (Å²) in [4.78, 5) is 24.4. The predicted molar refractivity (Wildman–Crippen MR) is 79.0 cm³/mol. The SMILES string of the molecule is CCOC(=O)C(C(=O)OCC)c1ccccc1C1CCC1. The van der Waals surface area contributed by atoms with E-state index in [1.165, 1.54) is 6.42 Å². The molecule has 0 unspecified atom stereocenters. The van der Waals surface area contributed by atoms with Gasteiger partial charge in [-0.05, 0) is 43.7 Å². The van der Waals surface area contributed by atoms with Crippen molar-refractivity contribution in [2.24, 2.45) is 0 Å². The van der Waals surface area contributed by atoms with Crippen molar-refractivity contribution in [3.8, 4) is 0 Å². The third kappa shape index (κ3) is 3.43. The second kappa shape index (κ2) is 7.25. The first-order valence-electron chi connectivity index (χ1n) is 7.61. The zero-order valence-electron chi connectivity index (χ0n) is 12.6. The molecular weight excluding hydrogens is 268 g/mol. The third-order valence-electron chi connectivity index (χ3n) is 3.90. The fraction of sp³-hybridized carbons (Fsp3) is 0.529. The van der Waals surface area contributed by atoms with Gasteiger partial charge in [0.15, 0.2) is 5.92 Å². The summed E-state index contributed by atoms with van der Waals surface area (Å²) in [6.45, 7) is 3.97. The first kappa shape index (κ1) is 15.5. The fourth-order valence-corrected chi connectivity index (χ4v) is 2.67. The van der Waals surface area contributed by atoms with Crippen LogP contribution in [-0.4, -0.2) is 25.2 Å². The Morgan fingerprint density at radius 3 is 2.14 bits per heavy atom. The van der Waals surface area contributed by atoms with Crippen LogP contribution >= 0.6 is 0 Å². The van der Waals surface area contributed by atoms with E-state index in [0.29, 0.717) is 5.92 Å². The van der Waals surface area contributed by atoms with Crippen molar-refractivity contribution in [1.29, 1.82) is 0 Å². The average molecular weight is 290 g/mol. The molecule has 0 amide bonds. The van der Waals surface area contributed by atoms with Crippen molar-refractivity contribution in [2.75, 3.05) is 13.2 Å². The molecule has 21 heavy (non-hydrogen) atoms. The van der Waals surface area contributed by atoms with Crippen molar-refractivity contribution in [1.82, 2.24) is 0 Å². The van der Waals surface area contributed by atoms with E-state index in [4.69, 9.17) is 9.47 Å². The van der Waals surface area contributed by atoms with Crippen molar-refractivity contribution < 1.29 is 19.1 Å². The Morgan fingerprint density at radius 1 is 1.10 bits per heavy atom. The van der Waals surface area contributed by atoms with E-state index in [2.05, 4.69) is 0 Å². The molecule has 0 heterocycles. The van der Waals surface area contributed by atoms with E-state index in [0.717, 1.165) is 24.0 Å². The summed E-state index contributed by atoms with van der Waals surface area (Å²) in [6.07, 6.45) is 3.41. The maximum absolute atomic E-state index is 12.2. The van der Waals surface area contributed by atoms with Gasteiger partial charge >= 0.3 is 11.9 Å². The summed E-state index contributed by atoms with van der Waals surface area (Å²) in [7, 11) is 0. The van der Waals surface area contributed by atoms with E-state index in [1.54, 1.807) is 13.8 Å². The Hall–Kier alpha value is -1.84. The van der Waals surface area contributed by atoms with Gasteiger partial charge in [0.1, 0.15) is 0 Å². The Kier molecular flexibility index (Phi) is 5.37. The number of carbonyl (C=O) groups excluding carboxylic acids is 2.